The van der Waals surface area contributed by atoms with Crippen LogP contribution in [0, 0.1) is 6.92 Å². The van der Waals surface area contributed by atoms with E-state index in [2.05, 4.69) is 10.0 Å². The number of nitrogens with one attached hydrogen (secondary N) is 2. The van der Waals surface area contributed by atoms with Gasteiger partial charge in [0.25, 0.3) is 5.91 Å². The zero-order valence-electron chi connectivity index (χ0n) is 17.1. The molecule has 0 fully saturated rings. The highest BCUT2D eigenvalue weighted by Gasteiger charge is 2.23. The minimum absolute atomic E-state index is 0.0363. The molecule has 7 nitrogen and oxygen atoms in total. The van der Waals surface area contributed by atoms with Gasteiger partial charge in [0.05, 0.1) is 10.5 Å². The van der Waals surface area contributed by atoms with Crippen LogP contribution in [0.5, 0.6) is 0 Å². The molecule has 0 aliphatic heterocycles. The molecular weight excluding hydrogens is 392 g/mol. The summed E-state index contributed by atoms with van der Waals surface area (Å²) < 4.78 is 32.4. The SMILES string of the molecule is Cc1cccc(NC(=O)C(C)OC(=O)c2ccc(S(=O)(=O)NC(C)(C)C)cc2)c1. The van der Waals surface area contributed by atoms with E-state index in [1.54, 1.807) is 32.9 Å². The molecular formula is C21H26N2O5S. The van der Waals surface area contributed by atoms with Gasteiger partial charge in [-0.1, -0.05) is 12.1 Å². The zero-order chi connectivity index (χ0) is 21.8. The van der Waals surface area contributed by atoms with Crippen molar-refractivity contribution >= 4 is 27.6 Å². The Morgan fingerprint density at radius 1 is 1.03 bits per heavy atom. The molecule has 0 saturated carbocycles. The third kappa shape index (κ3) is 6.69. The highest BCUT2D eigenvalue weighted by atomic mass is 32.2. The number of hydrogen-bond acceptors (Lipinski definition) is 5. The summed E-state index contributed by atoms with van der Waals surface area (Å²) in [5.41, 5.74) is 1.12. The minimum atomic E-state index is -3.70. The Bertz CT molecular complexity index is 992. The Balaban J connectivity index is 2.02. The fourth-order valence-corrected chi connectivity index (χ4v) is 3.90. The molecule has 29 heavy (non-hydrogen) atoms. The van der Waals surface area contributed by atoms with Crippen LogP contribution >= 0.6 is 0 Å². The Kier molecular flexibility index (Phi) is 6.81. The van der Waals surface area contributed by atoms with Crippen molar-refractivity contribution in [2.24, 2.45) is 0 Å². The summed E-state index contributed by atoms with van der Waals surface area (Å²) in [5.74, 6) is -1.18. The Morgan fingerprint density at radius 3 is 2.21 bits per heavy atom. The van der Waals surface area contributed by atoms with E-state index in [-0.39, 0.29) is 10.5 Å². The third-order valence-electron chi connectivity index (χ3n) is 3.78. The van der Waals surface area contributed by atoms with Crippen molar-refractivity contribution in [1.82, 2.24) is 4.72 Å². The number of amides is 1. The van der Waals surface area contributed by atoms with Gasteiger partial charge in [-0.2, -0.15) is 0 Å². The van der Waals surface area contributed by atoms with Crippen LogP contribution in [-0.2, 0) is 19.6 Å². The number of anilines is 1. The normalized spacial score (nSPS) is 12.9. The molecule has 0 aliphatic rings. The van der Waals surface area contributed by atoms with E-state index < -0.39 is 33.5 Å². The molecule has 0 aromatic heterocycles. The van der Waals surface area contributed by atoms with Crippen LogP contribution < -0.4 is 10.0 Å². The first-order valence-corrected chi connectivity index (χ1v) is 10.6. The largest absolute Gasteiger partial charge is 0.449 e. The van der Waals surface area contributed by atoms with Gasteiger partial charge in [0.2, 0.25) is 10.0 Å². The van der Waals surface area contributed by atoms with Gasteiger partial charge in [-0.15, -0.1) is 0 Å². The quantitative estimate of drug-likeness (QED) is 0.701. The summed E-state index contributed by atoms with van der Waals surface area (Å²) >= 11 is 0. The number of ether oxygens (including phenoxy) is 1. The summed E-state index contributed by atoms with van der Waals surface area (Å²) in [5, 5.41) is 2.69. The second kappa shape index (κ2) is 8.75. The summed E-state index contributed by atoms with van der Waals surface area (Å²) in [4.78, 5) is 24.6. The molecule has 156 valence electrons. The second-order valence-electron chi connectivity index (χ2n) is 7.79. The maximum absolute atomic E-state index is 12.3. The lowest BCUT2D eigenvalue weighted by Gasteiger charge is -2.20. The number of benzene rings is 2. The predicted octanol–water partition coefficient (Wildman–Crippen LogP) is 3.26. The standard InChI is InChI=1S/C21H26N2O5S/c1-14-7-6-8-17(13-14)22-19(24)15(2)28-20(25)16-9-11-18(12-10-16)29(26,27)23-21(3,4)5/h6-13,15,23H,1-5H3,(H,22,24). The molecule has 0 radical (unpaired) electrons. The molecule has 2 N–H and O–H groups in total. The first-order chi connectivity index (χ1) is 13.4. The second-order valence-corrected chi connectivity index (χ2v) is 9.47. The van der Waals surface area contributed by atoms with Gasteiger partial charge in [0.15, 0.2) is 6.10 Å². The monoisotopic (exact) mass is 418 g/mol. The van der Waals surface area contributed by atoms with Crippen molar-refractivity contribution in [3.8, 4) is 0 Å². The number of rotatable bonds is 6. The number of carbonyl (C=O) groups is 2. The topological polar surface area (TPSA) is 102 Å². The van der Waals surface area contributed by atoms with Gasteiger partial charge < -0.3 is 10.1 Å². The van der Waals surface area contributed by atoms with Gasteiger partial charge in [0, 0.05) is 11.2 Å². The first kappa shape index (κ1) is 22.6. The van der Waals surface area contributed by atoms with Crippen LogP contribution in [-0.4, -0.2) is 31.9 Å². The molecule has 1 amide bonds. The fourth-order valence-electron chi connectivity index (χ4n) is 2.48. The number of esters is 1. The molecule has 0 heterocycles. The Hall–Kier alpha value is -2.71. The molecule has 2 rings (SSSR count). The molecule has 0 spiro atoms. The van der Waals surface area contributed by atoms with Crippen LogP contribution in [0.4, 0.5) is 5.69 Å². The highest BCUT2D eigenvalue weighted by molar-refractivity contribution is 7.89. The van der Waals surface area contributed by atoms with Crippen LogP contribution in [0.1, 0.15) is 43.6 Å². The summed E-state index contributed by atoms with van der Waals surface area (Å²) in [6.45, 7) is 8.58. The molecule has 0 aliphatic carbocycles. The molecule has 1 unspecified atom stereocenters. The maximum atomic E-state index is 12.3. The van der Waals surface area contributed by atoms with E-state index in [4.69, 9.17) is 4.74 Å². The van der Waals surface area contributed by atoms with E-state index in [1.165, 1.54) is 31.2 Å². The van der Waals surface area contributed by atoms with Crippen molar-refractivity contribution in [2.45, 2.75) is 51.2 Å². The van der Waals surface area contributed by atoms with Gasteiger partial charge in [0.1, 0.15) is 0 Å². The molecule has 8 heteroatoms. The number of aryl methyl sites for hydroxylation is 1. The molecule has 0 bridgehead atoms. The maximum Gasteiger partial charge on any atom is 0.338 e. The fraction of sp³-hybridized carbons (Fsp3) is 0.333. The van der Waals surface area contributed by atoms with Crippen LogP contribution in [0.25, 0.3) is 0 Å². The summed E-state index contributed by atoms with van der Waals surface area (Å²) in [7, 11) is -3.70. The van der Waals surface area contributed by atoms with E-state index in [0.29, 0.717) is 5.69 Å². The molecule has 1 atom stereocenters. The van der Waals surface area contributed by atoms with E-state index in [9.17, 15) is 18.0 Å². The van der Waals surface area contributed by atoms with Gasteiger partial charge in [-0.3, -0.25) is 4.79 Å². The number of sulfonamides is 1. The van der Waals surface area contributed by atoms with Crippen LogP contribution in [0.2, 0.25) is 0 Å². The first-order valence-electron chi connectivity index (χ1n) is 9.10. The Morgan fingerprint density at radius 2 is 1.66 bits per heavy atom. The van der Waals surface area contributed by atoms with Crippen molar-refractivity contribution in [2.75, 3.05) is 5.32 Å². The van der Waals surface area contributed by atoms with Gasteiger partial charge >= 0.3 is 5.97 Å². The molecule has 2 aromatic carbocycles. The molecule has 2 aromatic rings. The number of hydrogen-bond donors (Lipinski definition) is 2. The van der Waals surface area contributed by atoms with Crippen LogP contribution in [0.15, 0.2) is 53.4 Å². The highest BCUT2D eigenvalue weighted by Crippen LogP contribution is 2.15. The lowest BCUT2D eigenvalue weighted by molar-refractivity contribution is -0.123. The lowest BCUT2D eigenvalue weighted by Crippen LogP contribution is -2.40. The average Bonchev–Trinajstić information content (AvgIpc) is 2.59. The zero-order valence-corrected chi connectivity index (χ0v) is 18.0. The predicted molar refractivity (Wildman–Crippen MR) is 111 cm³/mol. The number of carbonyl (C=O) groups excluding carboxylic acids is 2. The van der Waals surface area contributed by atoms with E-state index in [0.717, 1.165) is 5.56 Å². The van der Waals surface area contributed by atoms with Gasteiger partial charge in [-0.05, 0) is 76.6 Å². The lowest BCUT2D eigenvalue weighted by atomic mass is 10.1. The van der Waals surface area contributed by atoms with Crippen molar-refractivity contribution in [3.05, 3.63) is 59.7 Å². The minimum Gasteiger partial charge on any atom is -0.449 e. The van der Waals surface area contributed by atoms with E-state index >= 15 is 0 Å². The summed E-state index contributed by atoms with van der Waals surface area (Å²) in [6, 6.07) is 12.6. The van der Waals surface area contributed by atoms with Crippen LogP contribution in [0.3, 0.4) is 0 Å². The molecule has 0 saturated heterocycles. The average molecular weight is 419 g/mol. The van der Waals surface area contributed by atoms with Crippen molar-refractivity contribution in [3.63, 3.8) is 0 Å². The smallest absolute Gasteiger partial charge is 0.338 e. The van der Waals surface area contributed by atoms with Crippen molar-refractivity contribution < 1.29 is 22.7 Å². The van der Waals surface area contributed by atoms with Crippen molar-refractivity contribution in [1.29, 1.82) is 0 Å². The Labute approximate surface area is 171 Å². The third-order valence-corrected chi connectivity index (χ3v) is 5.55. The van der Waals surface area contributed by atoms with E-state index in [1.807, 2.05) is 19.1 Å². The summed E-state index contributed by atoms with van der Waals surface area (Å²) in [6.07, 6.45) is -1.02. The van der Waals surface area contributed by atoms with Gasteiger partial charge in [-0.25, -0.2) is 17.9 Å².